The van der Waals surface area contributed by atoms with Crippen molar-refractivity contribution in [1.29, 1.82) is 0 Å². The number of hydrogen-bond donors (Lipinski definition) is 0. The van der Waals surface area contributed by atoms with Crippen molar-refractivity contribution in [2.24, 2.45) is 199 Å². The van der Waals surface area contributed by atoms with Crippen LogP contribution in [0.1, 0.15) is 499 Å². The van der Waals surface area contributed by atoms with Gasteiger partial charge in [-0.15, -0.1) is 6.58 Å². The number of rotatable bonds is 4. The molecule has 0 aromatic rings. The summed E-state index contributed by atoms with van der Waals surface area (Å²) in [5.41, 5.74) is 8.64. The van der Waals surface area contributed by atoms with Crippen LogP contribution in [-0.4, -0.2) is 0 Å². The van der Waals surface area contributed by atoms with E-state index in [9.17, 15) is 0 Å². The lowest BCUT2D eigenvalue weighted by Crippen LogP contribution is -2.49. The van der Waals surface area contributed by atoms with Crippen molar-refractivity contribution in [3.8, 4) is 0 Å². The van der Waals surface area contributed by atoms with E-state index in [4.69, 9.17) is 0 Å². The van der Waals surface area contributed by atoms with Crippen LogP contribution in [0.4, 0.5) is 0 Å². The molecule has 682 valence electrons. The molecule has 7 saturated carbocycles. The summed E-state index contributed by atoms with van der Waals surface area (Å²) >= 11 is 0. The minimum absolute atomic E-state index is 0.380. The molecule has 0 amide bonds. The summed E-state index contributed by atoms with van der Waals surface area (Å²) in [7, 11) is 0. The third kappa shape index (κ3) is 32.9. The van der Waals surface area contributed by atoms with E-state index in [1.54, 1.807) is 0 Å². The molecule has 0 aromatic heterocycles. The normalized spacial score (nSPS) is 33.7. The minimum Gasteiger partial charge on any atom is -0.103 e. The molecule has 0 saturated heterocycles. The third-order valence-electron chi connectivity index (χ3n) is 34.6. The lowest BCUT2D eigenvalue weighted by atomic mass is 9.48. The molecule has 0 spiro atoms. The van der Waals surface area contributed by atoms with E-state index in [2.05, 4.69) is 364 Å². The largest absolute Gasteiger partial charge is 0.103 e. The van der Waals surface area contributed by atoms with Crippen molar-refractivity contribution in [2.45, 2.75) is 499 Å². The molecular formula is C115H222. The first-order valence-electron chi connectivity index (χ1n) is 50.2. The summed E-state index contributed by atoms with van der Waals surface area (Å²) in [6, 6.07) is 0. The number of allylic oxidation sites excluding steroid dienone is 4. The zero-order valence-corrected chi connectivity index (χ0v) is 89.0. The Kier molecular flexibility index (Phi) is 40.3. The van der Waals surface area contributed by atoms with Crippen LogP contribution in [0.25, 0.3) is 0 Å². The standard InChI is InChI=1S/C18H36.C18H34.C16H32.C16H30.C16H32.C16H30.C15H28/c2*1-13(2)14-10-11-18(9,17(6,7)8)15(12-14)16(3,4)5;2*1-15(2,3)13-11-9-7-8-10-12-14(13)16(4,5)6;2*1-8-12-9-10-13(15(2,3)4)14(11-12)16(5,6)7;1-14(2,3)12-10-7-8-11(9-10)13(12)15(4,5)6/h13-15H,10-12H2,1-9H3;14-15H,1,10-12H2,2-9H3;13-14H,7-12H2,1-6H3;7-8,13-14H,9-12H2,1-6H3;12-14H,8-11H2,1-7H3;8,12-14H,1,9-11H2,2-7H3;10-13H,7-9H2,1-6H3/b;;;8-7-;;;. The van der Waals surface area contributed by atoms with Crippen LogP contribution in [0, 0.1) is 199 Å². The van der Waals surface area contributed by atoms with Crippen molar-refractivity contribution in [3.05, 3.63) is 37.0 Å². The molecule has 0 aromatic carbocycles. The van der Waals surface area contributed by atoms with E-state index < -0.39 is 0 Å². The average Bonchev–Trinajstić information content (AvgIpc) is 1.74. The zero-order chi connectivity index (χ0) is 90.1. The Labute approximate surface area is 730 Å². The number of hydrogen-bond acceptors (Lipinski definition) is 0. The van der Waals surface area contributed by atoms with E-state index in [-0.39, 0.29) is 0 Å². The topological polar surface area (TPSA) is 0 Å². The van der Waals surface area contributed by atoms with E-state index in [1.807, 2.05) is 0 Å². The van der Waals surface area contributed by atoms with Crippen LogP contribution in [-0.2, 0) is 0 Å². The zero-order valence-electron chi connectivity index (χ0n) is 89.0. The molecular weight excluding hydrogens is 1380 g/mol. The van der Waals surface area contributed by atoms with E-state index in [0.717, 1.165) is 112 Å². The maximum absolute atomic E-state index is 4.21. The quantitative estimate of drug-likeness (QED) is 0.246. The molecule has 8 aliphatic rings. The van der Waals surface area contributed by atoms with Crippen LogP contribution in [0.3, 0.4) is 0 Å². The van der Waals surface area contributed by atoms with Crippen molar-refractivity contribution in [1.82, 2.24) is 0 Å². The van der Waals surface area contributed by atoms with Gasteiger partial charge in [-0.2, -0.15) is 0 Å². The smallest absolute Gasteiger partial charge is 0.0205 e. The fraction of sp³-hybridized carbons (Fsp3) is 0.948. The highest BCUT2D eigenvalue weighted by Gasteiger charge is 2.57. The fourth-order valence-corrected chi connectivity index (χ4v) is 26.8. The Morgan fingerprint density at radius 2 is 0.652 bits per heavy atom. The monoisotopic (exact) mass is 1600 g/mol. The van der Waals surface area contributed by atoms with Gasteiger partial charge in [-0.05, 0) is 334 Å². The number of fused-ring (bicyclic) bond motifs is 2. The van der Waals surface area contributed by atoms with Crippen LogP contribution in [0.2, 0.25) is 0 Å². The highest BCUT2D eigenvalue weighted by atomic mass is 14.6. The summed E-state index contributed by atoms with van der Waals surface area (Å²) in [6.45, 7) is 125. The highest BCUT2D eigenvalue weighted by Crippen LogP contribution is 2.65. The second kappa shape index (κ2) is 42.0. The minimum atomic E-state index is 0.380. The lowest BCUT2D eigenvalue weighted by molar-refractivity contribution is -0.0787. The van der Waals surface area contributed by atoms with Gasteiger partial charge in [0.15, 0.2) is 0 Å². The Hall–Kier alpha value is -0.780. The maximum atomic E-state index is 4.21. The molecule has 2 bridgehead atoms. The first-order chi connectivity index (χ1) is 51.3. The first kappa shape index (κ1) is 110. The van der Waals surface area contributed by atoms with Gasteiger partial charge in [0, 0.05) is 0 Å². The van der Waals surface area contributed by atoms with Crippen LogP contribution < -0.4 is 0 Å². The second-order valence-electron chi connectivity index (χ2n) is 57.7. The van der Waals surface area contributed by atoms with Gasteiger partial charge in [-0.1, -0.05) is 394 Å². The van der Waals surface area contributed by atoms with Crippen molar-refractivity contribution in [3.63, 3.8) is 0 Å². The van der Waals surface area contributed by atoms with Gasteiger partial charge in [-0.25, -0.2) is 0 Å². The summed E-state index contributed by atoms with van der Waals surface area (Å²) in [5, 5.41) is 0. The van der Waals surface area contributed by atoms with Gasteiger partial charge in [0.1, 0.15) is 0 Å². The molecule has 8 aliphatic carbocycles. The molecule has 8 rings (SSSR count). The van der Waals surface area contributed by atoms with Gasteiger partial charge in [0.25, 0.3) is 0 Å². The van der Waals surface area contributed by atoms with Crippen molar-refractivity contribution < 1.29 is 0 Å². The molecule has 0 N–H and O–H groups in total. The molecule has 20 unspecified atom stereocenters. The average molecular weight is 1610 g/mol. The molecule has 0 aliphatic heterocycles. The predicted molar refractivity (Wildman–Crippen MR) is 526 cm³/mol. The van der Waals surface area contributed by atoms with Gasteiger partial charge >= 0.3 is 0 Å². The molecule has 7 fully saturated rings. The molecule has 0 heteroatoms. The molecule has 0 radical (unpaired) electrons. The van der Waals surface area contributed by atoms with Crippen LogP contribution >= 0.6 is 0 Å². The Morgan fingerprint density at radius 1 is 0.339 bits per heavy atom. The summed E-state index contributed by atoms with van der Waals surface area (Å²) in [6.07, 6.45) is 43.6. The lowest BCUT2D eigenvalue weighted by Gasteiger charge is -2.57. The first-order valence-corrected chi connectivity index (χ1v) is 50.2. The Bertz CT molecular complexity index is 2680. The maximum Gasteiger partial charge on any atom is -0.0205 e. The molecule has 115 heavy (non-hydrogen) atoms. The Morgan fingerprint density at radius 3 is 0.948 bits per heavy atom. The second-order valence-corrected chi connectivity index (χ2v) is 57.7. The summed E-state index contributed by atoms with van der Waals surface area (Å²) in [5.74, 6) is 17.0. The van der Waals surface area contributed by atoms with Gasteiger partial charge in [0.2, 0.25) is 0 Å². The predicted octanol–water partition coefficient (Wildman–Crippen LogP) is 38.9. The highest BCUT2D eigenvalue weighted by molar-refractivity contribution is 5.09. The SMILES string of the molecule is C=C(C)C1CCC(C)(C(C)(C)C)C(C(C)(C)C)C1.C=CC1CCC(C(C)(C)C)C(C(C)(C)C)C1.CC(C)(C)C1C2CCC(C2)C1C(C)(C)C.CC(C)(C)C1CC/C=C\CCC1C(C)(C)C.CC(C)(C)C1CCCCCCC1C(C)(C)C.CC(C)C1CCC(C)(C(C)(C)C)C(C(C)(C)C)C1.CCC1CCC(C(C)(C)C)C(C(C)(C)C)C1. The fourth-order valence-electron chi connectivity index (χ4n) is 26.8. The summed E-state index contributed by atoms with van der Waals surface area (Å²) in [4.78, 5) is 0. The van der Waals surface area contributed by atoms with Gasteiger partial charge in [0.05, 0.1) is 0 Å². The van der Waals surface area contributed by atoms with Crippen LogP contribution in [0.15, 0.2) is 37.0 Å². The van der Waals surface area contributed by atoms with Gasteiger partial charge in [-0.3, -0.25) is 0 Å². The van der Waals surface area contributed by atoms with E-state index in [1.165, 1.54) is 173 Å². The molecule has 20 atom stereocenters. The van der Waals surface area contributed by atoms with Crippen molar-refractivity contribution >= 4 is 0 Å². The van der Waals surface area contributed by atoms with Gasteiger partial charge < -0.3 is 0 Å². The summed E-state index contributed by atoms with van der Waals surface area (Å²) < 4.78 is 0. The Balaban J connectivity index is 0.000000455. The van der Waals surface area contributed by atoms with E-state index in [0.29, 0.717) is 86.6 Å². The van der Waals surface area contributed by atoms with Crippen LogP contribution in [0.5, 0.6) is 0 Å². The van der Waals surface area contributed by atoms with Crippen molar-refractivity contribution in [2.75, 3.05) is 0 Å². The third-order valence-corrected chi connectivity index (χ3v) is 34.6. The molecule has 0 nitrogen and oxygen atoms in total. The molecule has 0 heterocycles. The van der Waals surface area contributed by atoms with E-state index >= 15 is 0 Å².